The predicted octanol–water partition coefficient (Wildman–Crippen LogP) is 2.66. The van der Waals surface area contributed by atoms with Gasteiger partial charge < -0.3 is 15.0 Å². The molecule has 1 aromatic rings. The lowest BCUT2D eigenvalue weighted by Crippen LogP contribution is -2.30. The van der Waals surface area contributed by atoms with Crippen LogP contribution in [0.4, 0.5) is 5.69 Å². The van der Waals surface area contributed by atoms with Crippen molar-refractivity contribution in [3.8, 4) is 0 Å². The minimum absolute atomic E-state index is 0.764. The molecule has 0 aliphatic heterocycles. The van der Waals surface area contributed by atoms with Crippen LogP contribution in [0.15, 0.2) is 24.3 Å². The highest BCUT2D eigenvalue weighted by atomic mass is 16.5. The lowest BCUT2D eigenvalue weighted by Gasteiger charge is -2.32. The lowest BCUT2D eigenvalue weighted by atomic mass is 9.85. The van der Waals surface area contributed by atoms with Crippen molar-refractivity contribution >= 4 is 5.69 Å². The lowest BCUT2D eigenvalue weighted by molar-refractivity contribution is 0.199. The highest BCUT2D eigenvalue weighted by Gasteiger charge is 2.19. The summed E-state index contributed by atoms with van der Waals surface area (Å²) in [5, 5.41) is 3.43. The topological polar surface area (TPSA) is 24.5 Å². The molecule has 2 rings (SSSR count). The van der Waals surface area contributed by atoms with Gasteiger partial charge in [0.05, 0.1) is 6.61 Å². The second kappa shape index (κ2) is 7.51. The largest absolute Gasteiger partial charge is 0.383 e. The summed E-state index contributed by atoms with van der Waals surface area (Å²) >= 11 is 0. The van der Waals surface area contributed by atoms with Crippen LogP contribution in [0.5, 0.6) is 0 Å². The van der Waals surface area contributed by atoms with Crippen molar-refractivity contribution in [3.63, 3.8) is 0 Å². The number of methoxy groups -OCH3 is 1. The molecule has 1 saturated carbocycles. The van der Waals surface area contributed by atoms with Gasteiger partial charge in [-0.1, -0.05) is 24.6 Å². The van der Waals surface area contributed by atoms with Gasteiger partial charge in [0.2, 0.25) is 0 Å². The highest BCUT2D eigenvalue weighted by molar-refractivity contribution is 5.53. The van der Waals surface area contributed by atoms with Crippen molar-refractivity contribution in [1.29, 1.82) is 0 Å². The van der Waals surface area contributed by atoms with E-state index in [9.17, 15) is 0 Å². The molecule has 1 aromatic carbocycles. The van der Waals surface area contributed by atoms with Gasteiger partial charge in [-0.2, -0.15) is 0 Å². The van der Waals surface area contributed by atoms with E-state index in [4.69, 9.17) is 4.74 Å². The predicted molar refractivity (Wildman–Crippen MR) is 80.6 cm³/mol. The second-order valence-corrected chi connectivity index (χ2v) is 5.48. The Balaban J connectivity index is 1.90. The number of anilines is 1. The van der Waals surface area contributed by atoms with Crippen LogP contribution >= 0.6 is 0 Å². The summed E-state index contributed by atoms with van der Waals surface area (Å²) in [6.45, 7) is 3.76. The first-order valence-electron chi connectivity index (χ1n) is 7.30. The third-order valence-corrected chi connectivity index (χ3v) is 3.96. The molecule has 3 nitrogen and oxygen atoms in total. The number of benzene rings is 1. The van der Waals surface area contributed by atoms with Crippen LogP contribution in [-0.4, -0.2) is 33.9 Å². The first-order valence-corrected chi connectivity index (χ1v) is 7.30. The SMILES string of the molecule is COCCNCc1ccccc1N(C)CC1CCC1. The maximum absolute atomic E-state index is 5.06. The zero-order valence-electron chi connectivity index (χ0n) is 12.2. The van der Waals surface area contributed by atoms with Gasteiger partial charge in [0.1, 0.15) is 0 Å². The van der Waals surface area contributed by atoms with Gasteiger partial charge in [-0.3, -0.25) is 0 Å². The van der Waals surface area contributed by atoms with Gasteiger partial charge in [0.25, 0.3) is 0 Å². The van der Waals surface area contributed by atoms with E-state index < -0.39 is 0 Å². The van der Waals surface area contributed by atoms with Gasteiger partial charge in [0, 0.05) is 39.5 Å². The summed E-state index contributed by atoms with van der Waals surface area (Å²) in [5.74, 6) is 0.902. The van der Waals surface area contributed by atoms with Gasteiger partial charge in [0.15, 0.2) is 0 Å². The van der Waals surface area contributed by atoms with Gasteiger partial charge in [-0.05, 0) is 30.4 Å². The molecule has 0 saturated heterocycles. The van der Waals surface area contributed by atoms with E-state index in [-0.39, 0.29) is 0 Å². The number of hydrogen-bond acceptors (Lipinski definition) is 3. The highest BCUT2D eigenvalue weighted by Crippen LogP contribution is 2.29. The maximum Gasteiger partial charge on any atom is 0.0587 e. The van der Waals surface area contributed by atoms with E-state index in [1.165, 1.54) is 37.1 Å². The van der Waals surface area contributed by atoms with Crippen LogP contribution in [0.1, 0.15) is 24.8 Å². The fraction of sp³-hybridized carbons (Fsp3) is 0.625. The number of hydrogen-bond donors (Lipinski definition) is 1. The Morgan fingerprint density at radius 2 is 2.11 bits per heavy atom. The summed E-state index contributed by atoms with van der Waals surface area (Å²) in [6.07, 6.45) is 4.22. The van der Waals surface area contributed by atoms with E-state index >= 15 is 0 Å². The average Bonchev–Trinajstić information content (AvgIpc) is 2.39. The quantitative estimate of drug-likeness (QED) is 0.729. The van der Waals surface area contributed by atoms with E-state index in [1.54, 1.807) is 7.11 Å². The summed E-state index contributed by atoms with van der Waals surface area (Å²) in [5.41, 5.74) is 2.74. The molecule has 0 radical (unpaired) electrons. The number of nitrogens with zero attached hydrogens (tertiary/aromatic N) is 1. The minimum atomic E-state index is 0.764. The summed E-state index contributed by atoms with van der Waals surface area (Å²) in [4.78, 5) is 2.41. The second-order valence-electron chi connectivity index (χ2n) is 5.48. The fourth-order valence-electron chi connectivity index (χ4n) is 2.59. The van der Waals surface area contributed by atoms with Crippen LogP contribution in [0.3, 0.4) is 0 Å². The number of ether oxygens (including phenoxy) is 1. The number of para-hydroxylation sites is 1. The monoisotopic (exact) mass is 262 g/mol. The molecule has 0 amide bonds. The molecule has 0 aromatic heterocycles. The molecular weight excluding hydrogens is 236 g/mol. The third kappa shape index (κ3) is 4.22. The number of nitrogens with one attached hydrogen (secondary N) is 1. The van der Waals surface area contributed by atoms with E-state index in [2.05, 4.69) is 41.5 Å². The van der Waals surface area contributed by atoms with E-state index in [0.29, 0.717) is 0 Å². The maximum atomic E-state index is 5.06. The van der Waals surface area contributed by atoms with Crippen molar-refractivity contribution in [2.45, 2.75) is 25.8 Å². The number of rotatable bonds is 8. The molecule has 1 aliphatic rings. The first-order chi connectivity index (χ1) is 9.31. The molecule has 3 heteroatoms. The Kier molecular flexibility index (Phi) is 5.67. The summed E-state index contributed by atoms with van der Waals surface area (Å²) in [7, 11) is 3.95. The molecule has 1 aliphatic carbocycles. The van der Waals surface area contributed by atoms with E-state index in [1.807, 2.05) is 0 Å². The molecule has 1 N–H and O–H groups in total. The smallest absolute Gasteiger partial charge is 0.0587 e. The molecule has 106 valence electrons. The zero-order chi connectivity index (χ0) is 13.5. The molecule has 0 heterocycles. The zero-order valence-corrected chi connectivity index (χ0v) is 12.2. The Hall–Kier alpha value is -1.06. The summed E-state index contributed by atoms with van der Waals surface area (Å²) < 4.78 is 5.06. The van der Waals surface area contributed by atoms with Crippen molar-refractivity contribution in [2.24, 2.45) is 5.92 Å². The van der Waals surface area contributed by atoms with Crippen LogP contribution in [0.25, 0.3) is 0 Å². The Bertz CT molecular complexity index is 377. The molecule has 0 atom stereocenters. The van der Waals surface area contributed by atoms with Crippen LogP contribution in [-0.2, 0) is 11.3 Å². The van der Waals surface area contributed by atoms with Gasteiger partial charge >= 0.3 is 0 Å². The Morgan fingerprint density at radius 1 is 1.32 bits per heavy atom. The molecule has 1 fully saturated rings. The fourth-order valence-corrected chi connectivity index (χ4v) is 2.59. The molecule has 19 heavy (non-hydrogen) atoms. The first kappa shape index (κ1) is 14.4. The van der Waals surface area contributed by atoms with Crippen LogP contribution in [0, 0.1) is 5.92 Å². The molecule has 0 unspecified atom stereocenters. The van der Waals surface area contributed by atoms with Crippen LogP contribution < -0.4 is 10.2 Å². The average molecular weight is 262 g/mol. The van der Waals surface area contributed by atoms with Crippen molar-refractivity contribution < 1.29 is 4.74 Å². The van der Waals surface area contributed by atoms with Gasteiger partial charge in [-0.15, -0.1) is 0 Å². The summed E-state index contributed by atoms with van der Waals surface area (Å²) in [6, 6.07) is 8.69. The third-order valence-electron chi connectivity index (χ3n) is 3.96. The molecule has 0 spiro atoms. The van der Waals surface area contributed by atoms with E-state index in [0.717, 1.165) is 25.6 Å². The molecule has 0 bridgehead atoms. The standard InChI is InChI=1S/C16H26N2O/c1-18(13-14-6-5-7-14)16-9-4-3-8-15(16)12-17-10-11-19-2/h3-4,8-9,14,17H,5-7,10-13H2,1-2H3. The molecular formula is C16H26N2O. The van der Waals surface area contributed by atoms with Crippen molar-refractivity contribution in [1.82, 2.24) is 5.32 Å². The van der Waals surface area contributed by atoms with Crippen molar-refractivity contribution in [2.75, 3.05) is 38.8 Å². The Morgan fingerprint density at radius 3 is 2.79 bits per heavy atom. The Labute approximate surface area is 116 Å². The van der Waals surface area contributed by atoms with Crippen molar-refractivity contribution in [3.05, 3.63) is 29.8 Å². The van der Waals surface area contributed by atoms with Crippen LogP contribution in [0.2, 0.25) is 0 Å². The minimum Gasteiger partial charge on any atom is -0.383 e. The van der Waals surface area contributed by atoms with Gasteiger partial charge in [-0.25, -0.2) is 0 Å². The normalized spacial score (nSPS) is 15.3.